The molecule has 0 spiro atoms. The lowest BCUT2D eigenvalue weighted by Crippen LogP contribution is -2.49. The molecule has 3 aliphatic rings. The molecule has 2 saturated heterocycles. The maximum absolute atomic E-state index is 12.8. The molecule has 2 bridgehead atoms. The van der Waals surface area contributed by atoms with Crippen molar-refractivity contribution in [3.8, 4) is 0 Å². The van der Waals surface area contributed by atoms with Gasteiger partial charge >= 0.3 is 0 Å². The summed E-state index contributed by atoms with van der Waals surface area (Å²) in [6, 6.07) is 0.856. The van der Waals surface area contributed by atoms with Crippen molar-refractivity contribution in [2.75, 3.05) is 6.54 Å². The molecule has 26 heavy (non-hydrogen) atoms. The number of amides is 2. The largest absolute Gasteiger partial charge is 0.364 e. The molecule has 2 atom stereocenters. The summed E-state index contributed by atoms with van der Waals surface area (Å²) in [6.45, 7) is 4.71. The SMILES string of the molecule is Cc1conc1CC(=O)NCCC1CC2CCC(C1)N2C(=O)C1(C)CC1. The number of piperidine rings is 1. The number of rotatable bonds is 6. The van der Waals surface area contributed by atoms with Crippen molar-refractivity contribution in [3.05, 3.63) is 17.5 Å². The molecule has 1 aliphatic carbocycles. The van der Waals surface area contributed by atoms with Gasteiger partial charge in [0.25, 0.3) is 0 Å². The fourth-order valence-corrected chi connectivity index (χ4v) is 4.68. The van der Waals surface area contributed by atoms with Gasteiger partial charge in [0.2, 0.25) is 11.8 Å². The highest BCUT2D eigenvalue weighted by molar-refractivity contribution is 5.85. The van der Waals surface area contributed by atoms with Crippen LogP contribution in [0.25, 0.3) is 0 Å². The Kier molecular flexibility index (Phi) is 4.53. The van der Waals surface area contributed by atoms with E-state index in [4.69, 9.17) is 4.52 Å². The van der Waals surface area contributed by atoms with Crippen molar-refractivity contribution in [1.29, 1.82) is 0 Å². The van der Waals surface area contributed by atoms with Crippen LogP contribution < -0.4 is 5.32 Å². The second-order valence-electron chi connectivity index (χ2n) is 8.76. The first-order chi connectivity index (χ1) is 12.5. The van der Waals surface area contributed by atoms with Crippen molar-refractivity contribution in [1.82, 2.24) is 15.4 Å². The van der Waals surface area contributed by atoms with Crippen LogP contribution in [0, 0.1) is 18.3 Å². The first-order valence-electron chi connectivity index (χ1n) is 9.95. The van der Waals surface area contributed by atoms with E-state index in [9.17, 15) is 9.59 Å². The van der Waals surface area contributed by atoms with Gasteiger partial charge in [0.1, 0.15) is 6.26 Å². The number of aromatic nitrogens is 1. The van der Waals surface area contributed by atoms with E-state index >= 15 is 0 Å². The maximum atomic E-state index is 12.8. The van der Waals surface area contributed by atoms with E-state index in [0.717, 1.165) is 50.5 Å². The van der Waals surface area contributed by atoms with Gasteiger partial charge in [-0.3, -0.25) is 9.59 Å². The molecule has 4 rings (SSSR count). The highest BCUT2D eigenvalue weighted by Gasteiger charge is 2.52. The second kappa shape index (κ2) is 6.71. The van der Waals surface area contributed by atoms with E-state index in [1.54, 1.807) is 6.26 Å². The van der Waals surface area contributed by atoms with Crippen LogP contribution in [0.15, 0.2) is 10.8 Å². The Morgan fingerprint density at radius 1 is 1.31 bits per heavy atom. The number of fused-ring (bicyclic) bond motifs is 2. The molecule has 1 aromatic rings. The van der Waals surface area contributed by atoms with Crippen LogP contribution in [0.3, 0.4) is 0 Å². The van der Waals surface area contributed by atoms with Crippen molar-refractivity contribution >= 4 is 11.8 Å². The van der Waals surface area contributed by atoms with Gasteiger partial charge in [-0.15, -0.1) is 0 Å². The highest BCUT2D eigenvalue weighted by Crippen LogP contribution is 2.50. The van der Waals surface area contributed by atoms with E-state index in [2.05, 4.69) is 22.3 Å². The summed E-state index contributed by atoms with van der Waals surface area (Å²) in [5, 5.41) is 6.87. The van der Waals surface area contributed by atoms with Gasteiger partial charge in [0, 0.05) is 29.6 Å². The van der Waals surface area contributed by atoms with Crippen molar-refractivity contribution in [2.24, 2.45) is 11.3 Å². The first kappa shape index (κ1) is 17.6. The molecule has 2 amide bonds. The number of aryl methyl sites for hydroxylation is 1. The molecule has 1 saturated carbocycles. The summed E-state index contributed by atoms with van der Waals surface area (Å²) in [5.74, 6) is 1.01. The molecule has 142 valence electrons. The molecule has 2 aliphatic heterocycles. The fraction of sp³-hybridized carbons (Fsp3) is 0.750. The van der Waals surface area contributed by atoms with E-state index < -0.39 is 0 Å². The predicted octanol–water partition coefficient (Wildman–Crippen LogP) is 2.60. The van der Waals surface area contributed by atoms with Gasteiger partial charge < -0.3 is 14.7 Å². The maximum Gasteiger partial charge on any atom is 0.229 e. The van der Waals surface area contributed by atoms with Crippen molar-refractivity contribution < 1.29 is 14.1 Å². The molecule has 6 heteroatoms. The van der Waals surface area contributed by atoms with Gasteiger partial charge in [0.15, 0.2) is 0 Å². The van der Waals surface area contributed by atoms with E-state index in [1.807, 2.05) is 6.92 Å². The molecule has 6 nitrogen and oxygen atoms in total. The lowest BCUT2D eigenvalue weighted by atomic mass is 9.87. The molecule has 3 heterocycles. The molecule has 2 unspecified atom stereocenters. The van der Waals surface area contributed by atoms with Gasteiger partial charge in [-0.1, -0.05) is 12.1 Å². The van der Waals surface area contributed by atoms with Crippen LogP contribution >= 0.6 is 0 Å². The Morgan fingerprint density at radius 3 is 2.58 bits per heavy atom. The average molecular weight is 359 g/mol. The predicted molar refractivity (Wildman–Crippen MR) is 96.3 cm³/mol. The van der Waals surface area contributed by atoms with Crippen LogP contribution in [0.2, 0.25) is 0 Å². The van der Waals surface area contributed by atoms with Gasteiger partial charge in [-0.2, -0.15) is 0 Å². The molecular weight excluding hydrogens is 330 g/mol. The monoisotopic (exact) mass is 359 g/mol. The summed E-state index contributed by atoms with van der Waals surface area (Å²) in [6.07, 6.45) is 9.45. The Balaban J connectivity index is 1.23. The summed E-state index contributed by atoms with van der Waals surface area (Å²) < 4.78 is 4.87. The minimum absolute atomic E-state index is 0.000700. The van der Waals surface area contributed by atoms with Crippen LogP contribution in [-0.2, 0) is 16.0 Å². The highest BCUT2D eigenvalue weighted by atomic mass is 16.5. The van der Waals surface area contributed by atoms with Crippen molar-refractivity contribution in [2.45, 2.75) is 77.3 Å². The van der Waals surface area contributed by atoms with E-state index in [0.29, 0.717) is 36.1 Å². The smallest absolute Gasteiger partial charge is 0.229 e. The zero-order valence-corrected chi connectivity index (χ0v) is 15.8. The molecule has 0 aromatic carbocycles. The summed E-state index contributed by atoms with van der Waals surface area (Å²) in [5.41, 5.74) is 1.57. The van der Waals surface area contributed by atoms with E-state index in [-0.39, 0.29) is 17.7 Å². The number of carbonyl (C=O) groups excluding carboxylic acids is 2. The minimum atomic E-state index is -0.0547. The Labute approximate surface area is 154 Å². The number of hydrogen-bond donors (Lipinski definition) is 1. The zero-order valence-electron chi connectivity index (χ0n) is 15.8. The van der Waals surface area contributed by atoms with E-state index in [1.165, 1.54) is 0 Å². The normalized spacial score (nSPS) is 28.8. The van der Waals surface area contributed by atoms with Gasteiger partial charge in [-0.05, 0) is 57.8 Å². The fourth-order valence-electron chi connectivity index (χ4n) is 4.68. The number of hydrogen-bond acceptors (Lipinski definition) is 4. The molecule has 0 radical (unpaired) electrons. The van der Waals surface area contributed by atoms with Crippen LogP contribution in [-0.4, -0.2) is 40.5 Å². The summed E-state index contributed by atoms with van der Waals surface area (Å²) in [4.78, 5) is 27.1. The third kappa shape index (κ3) is 3.38. The first-order valence-corrected chi connectivity index (χ1v) is 9.95. The third-order valence-corrected chi connectivity index (χ3v) is 6.63. The third-order valence-electron chi connectivity index (χ3n) is 6.63. The average Bonchev–Trinajstić information content (AvgIpc) is 3.15. The van der Waals surface area contributed by atoms with Crippen LogP contribution in [0.5, 0.6) is 0 Å². The van der Waals surface area contributed by atoms with Gasteiger partial charge in [0.05, 0.1) is 12.1 Å². The molecule has 3 fully saturated rings. The number of nitrogens with zero attached hydrogens (tertiary/aromatic N) is 2. The topological polar surface area (TPSA) is 75.4 Å². The zero-order chi connectivity index (χ0) is 18.3. The minimum Gasteiger partial charge on any atom is -0.364 e. The Bertz CT molecular complexity index is 680. The molecule has 1 aromatic heterocycles. The standard InChI is InChI=1S/C20H29N3O3/c1-13-12-26-22-17(13)11-18(24)21-8-5-14-9-15-3-4-16(10-14)23(15)19(25)20(2)6-7-20/h12,14-16H,3-11H2,1-2H3,(H,21,24). The molecule has 1 N–H and O–H groups in total. The number of carbonyl (C=O) groups is 2. The molecular formula is C20H29N3O3. The Hall–Kier alpha value is -1.85. The number of nitrogens with one attached hydrogen (secondary N) is 1. The Morgan fingerprint density at radius 2 is 2.00 bits per heavy atom. The van der Waals surface area contributed by atoms with Crippen LogP contribution in [0.1, 0.15) is 63.1 Å². The van der Waals surface area contributed by atoms with Gasteiger partial charge in [-0.25, -0.2) is 0 Å². The van der Waals surface area contributed by atoms with Crippen molar-refractivity contribution in [3.63, 3.8) is 0 Å². The quantitative estimate of drug-likeness (QED) is 0.847. The lowest BCUT2D eigenvalue weighted by molar-refractivity contribution is -0.141. The summed E-state index contributed by atoms with van der Waals surface area (Å²) in [7, 11) is 0. The summed E-state index contributed by atoms with van der Waals surface area (Å²) >= 11 is 0. The van der Waals surface area contributed by atoms with Crippen LogP contribution in [0.4, 0.5) is 0 Å². The second-order valence-corrected chi connectivity index (χ2v) is 8.76. The lowest BCUT2D eigenvalue weighted by Gasteiger charge is -2.40.